The monoisotopic (exact) mass is 795 g/mol. The Morgan fingerprint density at radius 1 is 1.00 bits per heavy atom. The van der Waals surface area contributed by atoms with E-state index >= 15 is 8.78 Å². The van der Waals surface area contributed by atoms with E-state index in [2.05, 4.69) is 52.8 Å². The molecule has 3 aliphatic rings. The molecule has 0 saturated carbocycles. The van der Waals surface area contributed by atoms with Crippen LogP contribution in [0.15, 0.2) is 25.3 Å². The number of alkyl halides is 2. The van der Waals surface area contributed by atoms with E-state index in [1.54, 1.807) is 7.05 Å². The molecule has 4 bridgehead atoms. The summed E-state index contributed by atoms with van der Waals surface area (Å²) in [5.74, 6) is 0.00436. The summed E-state index contributed by atoms with van der Waals surface area (Å²) in [6, 6.07) is 0. The molecule has 51 heavy (non-hydrogen) atoms. The molecule has 0 aliphatic carbocycles. The van der Waals surface area contributed by atoms with Gasteiger partial charge in [0.1, 0.15) is 49.2 Å². The third-order valence-electron chi connectivity index (χ3n) is 7.94. The molecule has 5 N–H and O–H groups in total. The van der Waals surface area contributed by atoms with Gasteiger partial charge in [-0.15, -0.1) is 0 Å². The summed E-state index contributed by atoms with van der Waals surface area (Å²) in [6.07, 6.45) is -9.51. The van der Waals surface area contributed by atoms with Crippen molar-refractivity contribution in [3.8, 4) is 0 Å². The molecule has 10 atom stereocenters. The van der Waals surface area contributed by atoms with Gasteiger partial charge in [-0.2, -0.15) is 0 Å². The van der Waals surface area contributed by atoms with E-state index in [1.165, 1.54) is 21.8 Å². The third kappa shape index (κ3) is 7.30. The van der Waals surface area contributed by atoms with E-state index < -0.39 is 82.0 Å². The van der Waals surface area contributed by atoms with Crippen molar-refractivity contribution in [1.29, 1.82) is 0 Å². The first-order chi connectivity index (χ1) is 24.4. The number of carbonyl (C=O) groups is 1. The van der Waals surface area contributed by atoms with Gasteiger partial charge in [-0.3, -0.25) is 28.0 Å². The lowest BCUT2D eigenvalue weighted by atomic mass is 10.1. The summed E-state index contributed by atoms with van der Waals surface area (Å²) >= 11 is 9.23. The fraction of sp³-hybridized carbons (Fsp3) is 0.542. The van der Waals surface area contributed by atoms with Gasteiger partial charge in [0.25, 0.3) is 0 Å². The fourth-order valence-electron chi connectivity index (χ4n) is 5.60. The van der Waals surface area contributed by atoms with Crippen molar-refractivity contribution < 1.29 is 55.3 Å². The zero-order chi connectivity index (χ0) is 36.1. The first kappa shape index (κ1) is 36.3. The number of aromatic nitrogens is 8. The molecular weight excluding hydrogens is 766 g/mol. The molecule has 0 radical (unpaired) electrons. The number of ether oxygens (including phenoxy) is 3. The smallest absolute Gasteiger partial charge is 0.412 e. The maximum absolute atomic E-state index is 16.2. The second-order valence-corrected chi connectivity index (χ2v) is 16.8. The fourth-order valence-corrected chi connectivity index (χ4v) is 8.46. The standard InChI is InChI=1S/C24H29F2N11O10P2S2/c1-28-2-3-41-24(38)35-19-15-21(32-7-30-19)37(9-34-15)23-17-13(26)11(45-23)5-43-48(39,50)46-16-12(25)10(4-42-49(40,51)47-17)44-22(16)36-8-33-14-18(27)29-6-31-20(14)36/h6-13,16-17,22-23,28H,2-5H2,1H3,(H,39,50)(H,40,51)(H2,27,29,31)(H,30,32,35,38)/t10-,11-,12-,13-,16-,17-,22-,23-,48?,49?/m1/s1. The zero-order valence-electron chi connectivity index (χ0n) is 26.0. The van der Waals surface area contributed by atoms with Crippen molar-refractivity contribution in [3.05, 3.63) is 25.3 Å². The van der Waals surface area contributed by atoms with Crippen molar-refractivity contribution in [2.75, 3.05) is 44.5 Å². The third-order valence-corrected chi connectivity index (χ3v) is 11.1. The number of amides is 1. The van der Waals surface area contributed by atoms with Crippen LogP contribution in [-0.4, -0.2) is 120 Å². The lowest BCUT2D eigenvalue weighted by molar-refractivity contribution is -0.0592. The molecule has 21 nitrogen and oxygen atoms in total. The van der Waals surface area contributed by atoms with E-state index in [0.29, 0.717) is 6.54 Å². The number of nitrogens with one attached hydrogen (secondary N) is 2. The summed E-state index contributed by atoms with van der Waals surface area (Å²) in [7, 11) is 1.69. The Morgan fingerprint density at radius 2 is 1.59 bits per heavy atom. The van der Waals surface area contributed by atoms with Crippen molar-refractivity contribution in [2.24, 2.45) is 0 Å². The Balaban J connectivity index is 1.17. The molecule has 0 spiro atoms. The first-order valence-electron chi connectivity index (χ1n) is 14.9. The van der Waals surface area contributed by atoms with Gasteiger partial charge in [0.15, 0.2) is 53.2 Å². The number of thiol groups is 1. The molecule has 3 fully saturated rings. The second-order valence-electron chi connectivity index (χ2n) is 11.2. The van der Waals surface area contributed by atoms with Crippen LogP contribution in [-0.2, 0) is 48.7 Å². The maximum Gasteiger partial charge on any atom is 0.412 e. The van der Waals surface area contributed by atoms with Crippen LogP contribution in [0.4, 0.5) is 25.2 Å². The molecule has 0 aromatic carbocycles. The molecule has 4 aromatic heterocycles. The quantitative estimate of drug-likeness (QED) is 0.105. The number of nitrogens with two attached hydrogens (primary N) is 1. The number of hydrogen-bond donors (Lipinski definition) is 5. The van der Waals surface area contributed by atoms with Gasteiger partial charge in [0, 0.05) is 6.54 Å². The Bertz CT molecular complexity index is 2030. The Morgan fingerprint density at radius 3 is 2.25 bits per heavy atom. The van der Waals surface area contributed by atoms with Crippen molar-refractivity contribution >= 4 is 77.6 Å². The van der Waals surface area contributed by atoms with Crippen molar-refractivity contribution in [2.45, 2.75) is 49.2 Å². The average Bonchev–Trinajstić information content (AvgIpc) is 3.85. The van der Waals surface area contributed by atoms with Gasteiger partial charge in [-0.05, 0) is 18.9 Å². The zero-order valence-corrected chi connectivity index (χ0v) is 29.5. The van der Waals surface area contributed by atoms with Crippen LogP contribution in [0.3, 0.4) is 0 Å². The highest BCUT2D eigenvalue weighted by Gasteiger charge is 2.54. The van der Waals surface area contributed by atoms with Gasteiger partial charge >= 0.3 is 19.6 Å². The largest absolute Gasteiger partial charge is 0.448 e. The average molecular weight is 796 g/mol. The Kier molecular flexibility index (Phi) is 10.3. The van der Waals surface area contributed by atoms with Crippen LogP contribution >= 0.6 is 25.8 Å². The molecule has 4 aromatic rings. The number of halogens is 2. The Hall–Kier alpha value is -3.06. The van der Waals surface area contributed by atoms with Crippen molar-refractivity contribution in [3.63, 3.8) is 0 Å². The van der Waals surface area contributed by atoms with Gasteiger partial charge in [0.05, 0.1) is 25.9 Å². The van der Waals surface area contributed by atoms with E-state index in [4.69, 9.17) is 49.8 Å². The predicted molar refractivity (Wildman–Crippen MR) is 176 cm³/mol. The lowest BCUT2D eigenvalue weighted by Gasteiger charge is -2.26. The number of rotatable bonds is 6. The minimum Gasteiger partial charge on any atom is -0.448 e. The molecule has 7 heterocycles. The van der Waals surface area contributed by atoms with E-state index in [9.17, 15) is 14.3 Å². The number of hydrogen-bond acceptors (Lipinski definition) is 18. The van der Waals surface area contributed by atoms with Gasteiger partial charge in [-0.25, -0.2) is 48.0 Å². The molecule has 3 saturated heterocycles. The molecule has 7 rings (SSSR count). The molecule has 2 unspecified atom stereocenters. The Labute approximate surface area is 295 Å². The van der Waals surface area contributed by atoms with Crippen LogP contribution in [0.2, 0.25) is 0 Å². The molecule has 3 aliphatic heterocycles. The summed E-state index contributed by atoms with van der Waals surface area (Å²) < 4.78 is 87.2. The minimum atomic E-state index is -4.49. The van der Waals surface area contributed by atoms with E-state index in [1.807, 2.05) is 0 Å². The highest BCUT2D eigenvalue weighted by Crippen LogP contribution is 2.58. The van der Waals surface area contributed by atoms with Crippen LogP contribution in [0.5, 0.6) is 0 Å². The number of imidazole rings is 2. The van der Waals surface area contributed by atoms with Gasteiger partial charge in [-0.1, -0.05) is 12.2 Å². The lowest BCUT2D eigenvalue weighted by Crippen LogP contribution is -2.34. The molecule has 276 valence electrons. The normalized spacial score (nSPS) is 34.5. The number of likely N-dealkylation sites (N-methyl/N-ethyl adjacent to an activating group) is 1. The van der Waals surface area contributed by atoms with Gasteiger partial charge < -0.3 is 34.7 Å². The number of anilines is 2. The van der Waals surface area contributed by atoms with Crippen LogP contribution in [0.25, 0.3) is 22.3 Å². The molecule has 1 amide bonds. The van der Waals surface area contributed by atoms with Gasteiger partial charge in [0.2, 0.25) is 0 Å². The topological polar surface area (TPSA) is 256 Å². The van der Waals surface area contributed by atoms with Crippen LogP contribution in [0, 0.1) is 0 Å². The highest BCUT2D eigenvalue weighted by atomic mass is 32.7. The number of nitrogens with zero attached hydrogens (tertiary/aromatic N) is 8. The van der Waals surface area contributed by atoms with E-state index in [-0.39, 0.29) is 40.6 Å². The SMILES string of the molecule is CNCCOC(=O)Nc1ncnc2c1ncn2[C@@H]1O[C@@H]2COP(=O)(S)O[C@@H]3[C@H](F)[C@@H](COP(O)(=S)O[C@@H]1[C@@H]2F)O[C@H]3n1cnc2c(N)ncnc21. The summed E-state index contributed by atoms with van der Waals surface area (Å²) in [5, 5.41) is 5.29. The number of fused-ring (bicyclic) bond motifs is 6. The first-order valence-corrected chi connectivity index (χ1v) is 20.2. The number of carbonyl (C=O) groups excluding carboxylic acids is 1. The summed E-state index contributed by atoms with van der Waals surface area (Å²) in [6.45, 7) is -9.86. The summed E-state index contributed by atoms with van der Waals surface area (Å²) in [5.41, 5.74) is 6.32. The molecular formula is C24H29F2N11O10P2S2. The number of nitrogen functional groups attached to an aromatic ring is 1. The molecule has 27 heteroatoms. The van der Waals surface area contributed by atoms with Crippen molar-refractivity contribution in [1.82, 2.24) is 44.4 Å². The minimum absolute atomic E-state index is 0.0312. The van der Waals surface area contributed by atoms with Crippen LogP contribution in [0.1, 0.15) is 12.5 Å². The summed E-state index contributed by atoms with van der Waals surface area (Å²) in [4.78, 5) is 48.0. The maximum atomic E-state index is 16.2. The highest BCUT2D eigenvalue weighted by molar-refractivity contribution is 8.44. The van der Waals surface area contributed by atoms with E-state index in [0.717, 1.165) is 12.7 Å². The second kappa shape index (κ2) is 14.4. The van der Waals surface area contributed by atoms with Crippen LogP contribution < -0.4 is 16.4 Å². The predicted octanol–water partition coefficient (Wildman–Crippen LogP) is 1.56.